The summed E-state index contributed by atoms with van der Waals surface area (Å²) in [4.78, 5) is 26.6. The van der Waals surface area contributed by atoms with Crippen LogP contribution in [0.1, 0.15) is 43.4 Å². The molecule has 2 aromatic rings. The third-order valence-electron chi connectivity index (χ3n) is 6.24. The van der Waals surface area contributed by atoms with E-state index < -0.39 is 5.41 Å². The van der Waals surface area contributed by atoms with E-state index in [0.717, 1.165) is 13.0 Å². The molecule has 1 heterocycles. The normalized spacial score (nSPS) is 26.7. The van der Waals surface area contributed by atoms with Crippen molar-refractivity contribution in [1.29, 1.82) is 0 Å². The number of nitrogens with zero attached hydrogens (tertiary/aromatic N) is 2. The maximum absolute atomic E-state index is 13.0. The molecule has 4 rings (SSSR count). The Morgan fingerprint density at radius 1 is 1.15 bits per heavy atom. The van der Waals surface area contributed by atoms with Crippen LogP contribution < -0.4 is 0 Å². The molecule has 2 fully saturated rings. The molecule has 2 aliphatic rings. The molecule has 5 heteroatoms. The van der Waals surface area contributed by atoms with E-state index in [1.165, 1.54) is 11.6 Å². The lowest BCUT2D eigenvalue weighted by Gasteiger charge is -2.34. The number of nitro benzene ring substituents is 1. The summed E-state index contributed by atoms with van der Waals surface area (Å²) in [5.41, 5.74) is 1.14. The van der Waals surface area contributed by atoms with Crippen molar-refractivity contribution in [1.82, 2.24) is 4.90 Å². The quantitative estimate of drug-likeness (QED) is 0.617. The highest BCUT2D eigenvalue weighted by Gasteiger charge is 2.59. The second kappa shape index (κ2) is 6.32. The number of rotatable bonds is 4. The van der Waals surface area contributed by atoms with Gasteiger partial charge in [-0.2, -0.15) is 0 Å². The molecule has 5 nitrogen and oxygen atoms in total. The van der Waals surface area contributed by atoms with Gasteiger partial charge < -0.3 is 0 Å². The molecule has 0 radical (unpaired) electrons. The summed E-state index contributed by atoms with van der Waals surface area (Å²) in [6.07, 6.45) is 1.91. The summed E-state index contributed by atoms with van der Waals surface area (Å²) in [7, 11) is 0. The maximum Gasteiger partial charge on any atom is 0.273 e. The molecule has 1 aliphatic carbocycles. The minimum atomic E-state index is -0.743. The lowest BCUT2D eigenvalue weighted by Crippen LogP contribution is -2.43. The molecular weight excluding hydrogens is 328 g/mol. The molecule has 1 saturated carbocycles. The van der Waals surface area contributed by atoms with E-state index in [-0.39, 0.29) is 28.5 Å². The van der Waals surface area contributed by atoms with Crippen LogP contribution in [0.25, 0.3) is 0 Å². The maximum atomic E-state index is 13.0. The SMILES string of the molecule is C[C@@H](c1ccccc1)N1CC[C@]2(c3ccccc3[N+](=O)[O-])C(=O)CC[C@H]12. The number of fused-ring (bicyclic) bond motifs is 1. The lowest BCUT2D eigenvalue weighted by molar-refractivity contribution is -0.386. The molecule has 0 spiro atoms. The first-order valence-corrected chi connectivity index (χ1v) is 9.13. The first-order chi connectivity index (χ1) is 12.6. The molecule has 0 N–H and O–H groups in total. The standard InChI is InChI=1S/C21H22N2O3/c1-15(16-7-3-2-4-8-16)22-14-13-21(19(22)11-12-20(21)24)17-9-5-6-10-18(17)23(25)26/h2-10,15,19H,11-14H2,1H3/t15-,19-,21+/m0/s1. The van der Waals surface area contributed by atoms with E-state index in [1.54, 1.807) is 12.1 Å². The Bertz CT molecular complexity index is 851. The van der Waals surface area contributed by atoms with Crippen LogP contribution >= 0.6 is 0 Å². The monoisotopic (exact) mass is 350 g/mol. The average molecular weight is 350 g/mol. The van der Waals surface area contributed by atoms with Gasteiger partial charge in [0, 0.05) is 36.7 Å². The van der Waals surface area contributed by atoms with Crippen LogP contribution in [0.2, 0.25) is 0 Å². The zero-order valence-corrected chi connectivity index (χ0v) is 14.8. The zero-order valence-electron chi connectivity index (χ0n) is 14.8. The molecular formula is C21H22N2O3. The fourth-order valence-corrected chi connectivity index (χ4v) is 5.00. The minimum absolute atomic E-state index is 0.0197. The zero-order chi connectivity index (χ0) is 18.3. The summed E-state index contributed by atoms with van der Waals surface area (Å²) in [6.45, 7) is 2.94. The van der Waals surface area contributed by atoms with Crippen LogP contribution in [0.3, 0.4) is 0 Å². The first-order valence-electron chi connectivity index (χ1n) is 9.13. The van der Waals surface area contributed by atoms with Gasteiger partial charge in [-0.25, -0.2) is 0 Å². The number of ketones is 1. The van der Waals surface area contributed by atoms with Gasteiger partial charge in [0.1, 0.15) is 5.78 Å². The number of nitro groups is 1. The molecule has 3 atom stereocenters. The molecule has 134 valence electrons. The van der Waals surface area contributed by atoms with Crippen LogP contribution in [0, 0.1) is 10.1 Å². The summed E-state index contributed by atoms with van der Waals surface area (Å²) >= 11 is 0. The Morgan fingerprint density at radius 3 is 2.58 bits per heavy atom. The Morgan fingerprint density at radius 2 is 1.85 bits per heavy atom. The van der Waals surface area contributed by atoms with Gasteiger partial charge in [-0.05, 0) is 25.3 Å². The van der Waals surface area contributed by atoms with Gasteiger partial charge >= 0.3 is 0 Å². The van der Waals surface area contributed by atoms with Crippen LogP contribution in [-0.4, -0.2) is 28.2 Å². The van der Waals surface area contributed by atoms with Gasteiger partial charge in [-0.3, -0.25) is 19.8 Å². The third-order valence-corrected chi connectivity index (χ3v) is 6.24. The molecule has 0 amide bonds. The summed E-state index contributed by atoms with van der Waals surface area (Å²) in [6, 6.07) is 17.2. The van der Waals surface area contributed by atoms with Crippen LogP contribution in [0.15, 0.2) is 54.6 Å². The average Bonchev–Trinajstić information content (AvgIpc) is 3.20. The second-order valence-corrected chi connectivity index (χ2v) is 7.30. The predicted molar refractivity (Wildman–Crippen MR) is 99.0 cm³/mol. The minimum Gasteiger partial charge on any atom is -0.299 e. The van der Waals surface area contributed by atoms with Crippen molar-refractivity contribution in [3.63, 3.8) is 0 Å². The van der Waals surface area contributed by atoms with Gasteiger partial charge in [0.15, 0.2) is 0 Å². The number of Topliss-reactive ketones (excluding diaryl/α,β-unsaturated/α-hetero) is 1. The van der Waals surface area contributed by atoms with Crippen molar-refractivity contribution in [2.45, 2.75) is 43.7 Å². The van der Waals surface area contributed by atoms with E-state index in [4.69, 9.17) is 0 Å². The Hall–Kier alpha value is -2.53. The number of hydrogen-bond donors (Lipinski definition) is 0. The van der Waals surface area contributed by atoms with Crippen molar-refractivity contribution in [3.8, 4) is 0 Å². The summed E-state index contributed by atoms with van der Waals surface area (Å²) in [5.74, 6) is 0.152. The Kier molecular flexibility index (Phi) is 4.11. The molecule has 1 saturated heterocycles. The van der Waals surface area contributed by atoms with E-state index in [0.29, 0.717) is 18.4 Å². The van der Waals surface area contributed by atoms with Gasteiger partial charge in [0.25, 0.3) is 5.69 Å². The van der Waals surface area contributed by atoms with Gasteiger partial charge in [-0.1, -0.05) is 48.5 Å². The van der Waals surface area contributed by atoms with Crippen molar-refractivity contribution in [3.05, 3.63) is 75.8 Å². The second-order valence-electron chi connectivity index (χ2n) is 7.30. The molecule has 0 bridgehead atoms. The molecule has 1 aliphatic heterocycles. The fraction of sp³-hybridized carbons (Fsp3) is 0.381. The van der Waals surface area contributed by atoms with E-state index in [2.05, 4.69) is 24.0 Å². The van der Waals surface area contributed by atoms with Crippen LogP contribution in [0.5, 0.6) is 0 Å². The number of hydrogen-bond acceptors (Lipinski definition) is 4. The highest BCUT2D eigenvalue weighted by Crippen LogP contribution is 2.52. The van der Waals surface area contributed by atoms with E-state index in [9.17, 15) is 14.9 Å². The summed E-state index contributed by atoms with van der Waals surface area (Å²) < 4.78 is 0. The van der Waals surface area contributed by atoms with Crippen LogP contribution in [-0.2, 0) is 10.2 Å². The topological polar surface area (TPSA) is 63.4 Å². The third kappa shape index (κ3) is 2.38. The molecule has 26 heavy (non-hydrogen) atoms. The highest BCUT2D eigenvalue weighted by molar-refractivity contribution is 5.95. The first kappa shape index (κ1) is 16.9. The van der Waals surface area contributed by atoms with Gasteiger partial charge in [0.05, 0.1) is 10.3 Å². The van der Waals surface area contributed by atoms with Crippen molar-refractivity contribution in [2.24, 2.45) is 0 Å². The lowest BCUT2D eigenvalue weighted by atomic mass is 9.74. The fourth-order valence-electron chi connectivity index (χ4n) is 5.00. The van der Waals surface area contributed by atoms with Crippen molar-refractivity contribution >= 4 is 11.5 Å². The predicted octanol–water partition coefficient (Wildman–Crippen LogP) is 4.03. The van der Waals surface area contributed by atoms with Crippen molar-refractivity contribution in [2.75, 3.05) is 6.54 Å². The highest BCUT2D eigenvalue weighted by atomic mass is 16.6. The van der Waals surface area contributed by atoms with Gasteiger partial charge in [0.2, 0.25) is 0 Å². The smallest absolute Gasteiger partial charge is 0.273 e. The molecule has 0 aromatic heterocycles. The number of para-hydroxylation sites is 1. The number of carbonyl (C=O) groups is 1. The Balaban J connectivity index is 1.77. The number of likely N-dealkylation sites (tertiary alicyclic amines) is 1. The van der Waals surface area contributed by atoms with Crippen LogP contribution in [0.4, 0.5) is 5.69 Å². The molecule has 0 unspecified atom stereocenters. The summed E-state index contributed by atoms with van der Waals surface area (Å²) in [5, 5.41) is 11.6. The Labute approximate surface area is 152 Å². The largest absolute Gasteiger partial charge is 0.299 e. The van der Waals surface area contributed by atoms with Crippen molar-refractivity contribution < 1.29 is 9.72 Å². The number of benzene rings is 2. The van der Waals surface area contributed by atoms with E-state index >= 15 is 0 Å². The van der Waals surface area contributed by atoms with E-state index in [1.807, 2.05) is 24.3 Å². The molecule has 2 aromatic carbocycles. The van der Waals surface area contributed by atoms with Gasteiger partial charge in [-0.15, -0.1) is 0 Å². The number of carbonyl (C=O) groups excluding carboxylic acids is 1.